The average Bonchev–Trinajstić information content (AvgIpc) is 3.22. The van der Waals surface area contributed by atoms with Gasteiger partial charge in [-0.15, -0.1) is 0 Å². The first-order chi connectivity index (χ1) is 12.3. The van der Waals surface area contributed by atoms with Crippen molar-refractivity contribution >= 4 is 5.96 Å². The van der Waals surface area contributed by atoms with Crippen molar-refractivity contribution < 1.29 is 13.9 Å². The highest BCUT2D eigenvalue weighted by atomic mass is 16.3. The Labute approximate surface area is 155 Å². The van der Waals surface area contributed by atoms with Gasteiger partial charge in [0.2, 0.25) is 0 Å². The zero-order chi connectivity index (χ0) is 19.2. The summed E-state index contributed by atoms with van der Waals surface area (Å²) in [6, 6.07) is 5.99. The molecule has 0 aromatic carbocycles. The van der Waals surface area contributed by atoms with Crippen molar-refractivity contribution in [2.75, 3.05) is 13.1 Å². The molecule has 0 aliphatic heterocycles. The highest BCUT2D eigenvalue weighted by molar-refractivity contribution is 5.80. The lowest BCUT2D eigenvalue weighted by atomic mass is 9.96. The quantitative estimate of drug-likeness (QED) is 0.496. The number of aliphatic imine (C=N–C) groups is 1. The van der Waals surface area contributed by atoms with Gasteiger partial charge in [-0.25, -0.2) is 4.99 Å². The van der Waals surface area contributed by atoms with E-state index in [1.54, 1.807) is 13.2 Å². The highest BCUT2D eigenvalue weighted by Gasteiger charge is 2.27. The van der Waals surface area contributed by atoms with Crippen molar-refractivity contribution in [2.24, 2.45) is 4.99 Å². The fourth-order valence-electron chi connectivity index (χ4n) is 2.73. The van der Waals surface area contributed by atoms with Crippen LogP contribution in [0.15, 0.2) is 38.3 Å². The summed E-state index contributed by atoms with van der Waals surface area (Å²) in [7, 11) is 0. The van der Waals surface area contributed by atoms with E-state index in [0.29, 0.717) is 12.5 Å². The maximum absolute atomic E-state index is 10.9. The minimum absolute atomic E-state index is 0.235. The maximum atomic E-state index is 10.9. The van der Waals surface area contributed by atoms with Crippen LogP contribution in [0, 0.1) is 13.8 Å². The number of rotatable bonds is 8. The molecule has 3 N–H and O–H groups in total. The third-order valence-electron chi connectivity index (χ3n) is 4.41. The van der Waals surface area contributed by atoms with Crippen molar-refractivity contribution in [3.8, 4) is 0 Å². The van der Waals surface area contributed by atoms with E-state index in [1.165, 1.54) is 0 Å². The summed E-state index contributed by atoms with van der Waals surface area (Å²) in [5, 5.41) is 17.5. The number of aryl methyl sites for hydroxylation is 2. The SMILES string of the molecule is CCC(C)NC(=NCC(C)(O)c1cc(C)oc1C)NCCc1ccco1. The van der Waals surface area contributed by atoms with E-state index < -0.39 is 5.60 Å². The molecule has 2 aromatic heterocycles. The van der Waals surface area contributed by atoms with E-state index in [-0.39, 0.29) is 12.6 Å². The monoisotopic (exact) mass is 361 g/mol. The molecule has 0 spiro atoms. The van der Waals surface area contributed by atoms with Gasteiger partial charge in [0, 0.05) is 24.6 Å². The summed E-state index contributed by atoms with van der Waals surface area (Å²) in [6.07, 6.45) is 3.42. The van der Waals surface area contributed by atoms with Crippen molar-refractivity contribution in [2.45, 2.75) is 59.1 Å². The molecule has 0 amide bonds. The second-order valence-corrected chi connectivity index (χ2v) is 6.98. The number of hydrogen-bond acceptors (Lipinski definition) is 4. The molecule has 2 heterocycles. The van der Waals surface area contributed by atoms with Crippen LogP contribution >= 0.6 is 0 Å². The minimum atomic E-state index is -1.09. The number of nitrogens with one attached hydrogen (secondary N) is 2. The van der Waals surface area contributed by atoms with Crippen LogP contribution in [-0.4, -0.2) is 30.2 Å². The van der Waals surface area contributed by atoms with Gasteiger partial charge in [0.1, 0.15) is 22.9 Å². The molecule has 26 heavy (non-hydrogen) atoms. The lowest BCUT2D eigenvalue weighted by Crippen LogP contribution is -2.43. The molecule has 144 valence electrons. The Morgan fingerprint density at radius 1 is 1.38 bits per heavy atom. The van der Waals surface area contributed by atoms with Crippen molar-refractivity contribution in [1.29, 1.82) is 0 Å². The van der Waals surface area contributed by atoms with E-state index >= 15 is 0 Å². The molecule has 2 aromatic rings. The fourth-order valence-corrected chi connectivity index (χ4v) is 2.73. The van der Waals surface area contributed by atoms with E-state index in [1.807, 2.05) is 32.0 Å². The van der Waals surface area contributed by atoms with E-state index in [2.05, 4.69) is 29.5 Å². The van der Waals surface area contributed by atoms with Gasteiger partial charge in [0.05, 0.1) is 12.8 Å². The molecule has 2 unspecified atom stereocenters. The van der Waals surface area contributed by atoms with Gasteiger partial charge in [0.25, 0.3) is 0 Å². The van der Waals surface area contributed by atoms with Gasteiger partial charge in [-0.3, -0.25) is 0 Å². The second kappa shape index (κ2) is 8.94. The van der Waals surface area contributed by atoms with E-state index in [4.69, 9.17) is 8.83 Å². The van der Waals surface area contributed by atoms with E-state index in [0.717, 1.165) is 35.7 Å². The Bertz CT molecular complexity index is 702. The predicted octanol–water partition coefficient (Wildman–Crippen LogP) is 3.27. The second-order valence-electron chi connectivity index (χ2n) is 6.98. The largest absolute Gasteiger partial charge is 0.469 e. The molecular formula is C20H31N3O3. The third-order valence-corrected chi connectivity index (χ3v) is 4.41. The zero-order valence-electron chi connectivity index (χ0n) is 16.4. The van der Waals surface area contributed by atoms with E-state index in [9.17, 15) is 5.11 Å². The van der Waals surface area contributed by atoms with Crippen LogP contribution in [-0.2, 0) is 12.0 Å². The molecule has 2 atom stereocenters. The number of guanidine groups is 1. The van der Waals surface area contributed by atoms with Gasteiger partial charge in [-0.1, -0.05) is 6.92 Å². The lowest BCUT2D eigenvalue weighted by molar-refractivity contribution is 0.0656. The number of aliphatic hydroxyl groups is 1. The fraction of sp³-hybridized carbons (Fsp3) is 0.550. The minimum Gasteiger partial charge on any atom is -0.469 e. The molecular weight excluding hydrogens is 330 g/mol. The first-order valence-electron chi connectivity index (χ1n) is 9.19. The normalized spacial score (nSPS) is 15.5. The molecule has 6 nitrogen and oxygen atoms in total. The van der Waals surface area contributed by atoms with Gasteiger partial charge < -0.3 is 24.6 Å². The lowest BCUT2D eigenvalue weighted by Gasteiger charge is -2.23. The number of furan rings is 2. The highest BCUT2D eigenvalue weighted by Crippen LogP contribution is 2.27. The topological polar surface area (TPSA) is 82.9 Å². The molecule has 0 fully saturated rings. The predicted molar refractivity (Wildman–Crippen MR) is 103 cm³/mol. The molecule has 0 aliphatic carbocycles. The first kappa shape index (κ1) is 20.1. The van der Waals surface area contributed by atoms with Crippen LogP contribution < -0.4 is 10.6 Å². The summed E-state index contributed by atoms with van der Waals surface area (Å²) >= 11 is 0. The standard InChI is InChI=1S/C20H31N3O3/c1-6-14(2)23-19(21-10-9-17-8-7-11-25-17)22-13-20(5,24)18-12-15(3)26-16(18)4/h7-8,11-12,14,24H,6,9-10,13H2,1-5H3,(H2,21,22,23). The average molecular weight is 361 g/mol. The van der Waals surface area contributed by atoms with Gasteiger partial charge in [-0.05, 0) is 52.3 Å². The van der Waals surface area contributed by atoms with Crippen LogP contribution in [0.3, 0.4) is 0 Å². The first-order valence-corrected chi connectivity index (χ1v) is 9.19. The Kier molecular flexibility index (Phi) is 6.91. The smallest absolute Gasteiger partial charge is 0.191 e. The Balaban J connectivity index is 2.03. The molecule has 6 heteroatoms. The number of hydrogen-bond donors (Lipinski definition) is 3. The summed E-state index contributed by atoms with van der Waals surface area (Å²) in [5.74, 6) is 3.13. The van der Waals surface area contributed by atoms with Crippen LogP contribution in [0.25, 0.3) is 0 Å². The number of nitrogens with zero attached hydrogens (tertiary/aromatic N) is 1. The molecule has 0 radical (unpaired) electrons. The molecule has 0 aliphatic rings. The Morgan fingerprint density at radius 3 is 2.73 bits per heavy atom. The third kappa shape index (κ3) is 5.66. The Hall–Kier alpha value is -2.21. The van der Waals surface area contributed by atoms with Gasteiger partial charge >= 0.3 is 0 Å². The summed E-state index contributed by atoms with van der Waals surface area (Å²) in [5.41, 5.74) is -0.315. The van der Waals surface area contributed by atoms with Gasteiger partial charge in [0.15, 0.2) is 5.96 Å². The molecule has 0 saturated heterocycles. The van der Waals surface area contributed by atoms with Crippen LogP contribution in [0.2, 0.25) is 0 Å². The van der Waals surface area contributed by atoms with Crippen LogP contribution in [0.4, 0.5) is 0 Å². The Morgan fingerprint density at radius 2 is 2.15 bits per heavy atom. The summed E-state index contributed by atoms with van der Waals surface area (Å²) < 4.78 is 10.9. The van der Waals surface area contributed by atoms with Crippen LogP contribution in [0.1, 0.15) is 50.0 Å². The molecule has 2 rings (SSSR count). The van der Waals surface area contributed by atoms with Crippen molar-refractivity contribution in [3.05, 3.63) is 47.3 Å². The van der Waals surface area contributed by atoms with Crippen LogP contribution in [0.5, 0.6) is 0 Å². The summed E-state index contributed by atoms with van der Waals surface area (Å²) in [4.78, 5) is 4.60. The van der Waals surface area contributed by atoms with Gasteiger partial charge in [-0.2, -0.15) is 0 Å². The summed E-state index contributed by atoms with van der Waals surface area (Å²) in [6.45, 7) is 10.7. The molecule has 0 saturated carbocycles. The van der Waals surface area contributed by atoms with Crippen molar-refractivity contribution in [1.82, 2.24) is 10.6 Å². The maximum Gasteiger partial charge on any atom is 0.191 e. The zero-order valence-corrected chi connectivity index (χ0v) is 16.4. The molecule has 0 bridgehead atoms. The van der Waals surface area contributed by atoms with Crippen molar-refractivity contribution in [3.63, 3.8) is 0 Å².